The van der Waals surface area contributed by atoms with Crippen LogP contribution in [0.1, 0.15) is 32.0 Å². The number of amides is 1. The number of hydrogen-bond acceptors (Lipinski definition) is 7. The first-order chi connectivity index (χ1) is 15.4. The molecule has 0 aliphatic heterocycles. The highest BCUT2D eigenvalue weighted by Crippen LogP contribution is 2.26. The molecule has 3 rings (SSSR count). The molecule has 0 spiro atoms. The van der Waals surface area contributed by atoms with Crippen LogP contribution in [0.5, 0.6) is 0 Å². The zero-order valence-electron chi connectivity index (χ0n) is 17.5. The summed E-state index contributed by atoms with van der Waals surface area (Å²) >= 11 is 0. The zero-order chi connectivity index (χ0) is 23.1. The summed E-state index contributed by atoms with van der Waals surface area (Å²) < 4.78 is 28.7. The lowest BCUT2D eigenvalue weighted by atomic mass is 9.97. The van der Waals surface area contributed by atoms with E-state index in [2.05, 4.69) is 10.3 Å². The molecule has 32 heavy (non-hydrogen) atoms. The Morgan fingerprint density at radius 3 is 2.41 bits per heavy atom. The van der Waals surface area contributed by atoms with E-state index in [0.717, 1.165) is 19.8 Å². The first-order valence-corrected chi connectivity index (χ1v) is 9.68. The fourth-order valence-corrected chi connectivity index (χ4v) is 3.19. The fourth-order valence-electron chi connectivity index (χ4n) is 3.19. The van der Waals surface area contributed by atoms with E-state index in [0.29, 0.717) is 16.5 Å². The van der Waals surface area contributed by atoms with Crippen LogP contribution in [0.15, 0.2) is 48.5 Å². The highest BCUT2D eigenvalue weighted by Gasteiger charge is 2.26. The summed E-state index contributed by atoms with van der Waals surface area (Å²) in [6.45, 7) is 0.143. The molecule has 0 unspecified atom stereocenters. The van der Waals surface area contributed by atoms with Gasteiger partial charge in [0.05, 0.1) is 25.3 Å². The second-order valence-electron chi connectivity index (χ2n) is 6.70. The Morgan fingerprint density at radius 1 is 1.00 bits per heavy atom. The van der Waals surface area contributed by atoms with Gasteiger partial charge in [-0.2, -0.15) is 0 Å². The molecule has 9 heteroatoms. The standard InChI is InChI=1S/C23H21FN2O6/c1-30-21(27)19-16(10-11-25-23(29)32-13-14-6-4-3-5-7-14)17-12-15(24)8-9-18(17)26-20(19)22(28)31-2/h3-9,12H,10-11,13H2,1-2H3,(H,25,29). The maximum Gasteiger partial charge on any atom is 0.407 e. The number of nitrogens with one attached hydrogen (secondary N) is 1. The molecule has 8 nitrogen and oxygen atoms in total. The van der Waals surface area contributed by atoms with Crippen LogP contribution in [0.4, 0.5) is 9.18 Å². The molecule has 1 heterocycles. The van der Waals surface area contributed by atoms with Crippen LogP contribution < -0.4 is 5.32 Å². The minimum atomic E-state index is -0.840. The van der Waals surface area contributed by atoms with Crippen molar-refractivity contribution < 1.29 is 33.0 Å². The van der Waals surface area contributed by atoms with E-state index in [1.165, 1.54) is 18.2 Å². The van der Waals surface area contributed by atoms with Gasteiger partial charge in [0.15, 0.2) is 5.69 Å². The molecule has 0 saturated carbocycles. The number of methoxy groups -OCH3 is 2. The van der Waals surface area contributed by atoms with Gasteiger partial charge in [0, 0.05) is 11.9 Å². The molecule has 0 radical (unpaired) electrons. The van der Waals surface area contributed by atoms with Gasteiger partial charge in [-0.25, -0.2) is 23.8 Å². The second kappa shape index (κ2) is 10.3. The molecule has 1 aromatic heterocycles. The zero-order valence-corrected chi connectivity index (χ0v) is 17.5. The Hall–Kier alpha value is -4.01. The quantitative estimate of drug-likeness (QED) is 0.443. The van der Waals surface area contributed by atoms with Crippen molar-refractivity contribution in [3.05, 3.63) is 76.7 Å². The normalized spacial score (nSPS) is 10.5. The van der Waals surface area contributed by atoms with E-state index in [9.17, 15) is 18.8 Å². The number of hydrogen-bond donors (Lipinski definition) is 1. The van der Waals surface area contributed by atoms with Crippen molar-refractivity contribution in [2.45, 2.75) is 13.0 Å². The third kappa shape index (κ3) is 5.18. The lowest BCUT2D eigenvalue weighted by Crippen LogP contribution is -2.27. The van der Waals surface area contributed by atoms with Gasteiger partial charge in [-0.05, 0) is 35.7 Å². The Kier molecular flexibility index (Phi) is 7.33. The lowest BCUT2D eigenvalue weighted by Gasteiger charge is -2.15. The van der Waals surface area contributed by atoms with Gasteiger partial charge in [-0.1, -0.05) is 30.3 Å². The van der Waals surface area contributed by atoms with Crippen LogP contribution in [0, 0.1) is 5.82 Å². The molecule has 1 N–H and O–H groups in total. The van der Waals surface area contributed by atoms with Gasteiger partial charge in [0.1, 0.15) is 12.4 Å². The topological polar surface area (TPSA) is 104 Å². The van der Waals surface area contributed by atoms with Gasteiger partial charge in [0.2, 0.25) is 0 Å². The van der Waals surface area contributed by atoms with E-state index < -0.39 is 23.8 Å². The summed E-state index contributed by atoms with van der Waals surface area (Å²) in [7, 11) is 2.31. The number of nitrogens with zero attached hydrogens (tertiary/aromatic N) is 1. The molecule has 0 fully saturated rings. The summed E-state index contributed by atoms with van der Waals surface area (Å²) in [6.07, 6.45) is -0.580. The van der Waals surface area contributed by atoms with Gasteiger partial charge < -0.3 is 19.5 Å². The summed E-state index contributed by atoms with van der Waals surface area (Å²) in [5, 5.41) is 2.90. The number of esters is 2. The number of pyridine rings is 1. The number of carbonyl (C=O) groups excluding carboxylic acids is 3. The molecule has 0 atom stereocenters. The molecule has 0 aliphatic carbocycles. The lowest BCUT2D eigenvalue weighted by molar-refractivity contribution is 0.0549. The number of rotatable bonds is 7. The Morgan fingerprint density at radius 2 is 1.72 bits per heavy atom. The van der Waals surface area contributed by atoms with Crippen molar-refractivity contribution in [1.29, 1.82) is 0 Å². The molecular weight excluding hydrogens is 419 g/mol. The van der Waals surface area contributed by atoms with Crippen molar-refractivity contribution in [2.24, 2.45) is 0 Å². The van der Waals surface area contributed by atoms with Gasteiger partial charge in [-0.15, -0.1) is 0 Å². The van der Waals surface area contributed by atoms with Crippen LogP contribution in [0.2, 0.25) is 0 Å². The van der Waals surface area contributed by atoms with Crippen molar-refractivity contribution in [3.63, 3.8) is 0 Å². The minimum Gasteiger partial charge on any atom is -0.465 e. The fraction of sp³-hybridized carbons (Fsp3) is 0.217. The summed E-state index contributed by atoms with van der Waals surface area (Å²) in [5.74, 6) is -2.21. The highest BCUT2D eigenvalue weighted by atomic mass is 19.1. The summed E-state index contributed by atoms with van der Waals surface area (Å²) in [5.41, 5.74) is 1.03. The minimum absolute atomic E-state index is 0.0495. The number of ether oxygens (including phenoxy) is 3. The number of aromatic nitrogens is 1. The molecule has 166 valence electrons. The first-order valence-electron chi connectivity index (χ1n) is 9.68. The predicted molar refractivity (Wildman–Crippen MR) is 113 cm³/mol. The average molecular weight is 440 g/mol. The molecular formula is C23H21FN2O6. The molecule has 2 aromatic carbocycles. The predicted octanol–water partition coefficient (Wildman–Crippen LogP) is 3.42. The smallest absolute Gasteiger partial charge is 0.407 e. The van der Waals surface area contributed by atoms with Gasteiger partial charge in [0.25, 0.3) is 0 Å². The largest absolute Gasteiger partial charge is 0.465 e. The van der Waals surface area contributed by atoms with E-state index in [1.54, 1.807) is 0 Å². The molecule has 3 aromatic rings. The van der Waals surface area contributed by atoms with Crippen LogP contribution in [0.3, 0.4) is 0 Å². The van der Waals surface area contributed by atoms with E-state index in [4.69, 9.17) is 14.2 Å². The molecule has 0 bridgehead atoms. The van der Waals surface area contributed by atoms with Crippen LogP contribution in [0.25, 0.3) is 10.9 Å². The molecule has 1 amide bonds. The van der Waals surface area contributed by atoms with E-state index >= 15 is 0 Å². The van der Waals surface area contributed by atoms with Crippen LogP contribution in [-0.2, 0) is 27.2 Å². The number of halogens is 1. The monoisotopic (exact) mass is 440 g/mol. The molecule has 0 aliphatic rings. The summed E-state index contributed by atoms with van der Waals surface area (Å²) in [6, 6.07) is 12.9. The SMILES string of the molecule is COC(=O)c1nc2ccc(F)cc2c(CCNC(=O)OCc2ccccc2)c1C(=O)OC. The van der Waals surface area contributed by atoms with Crippen molar-refractivity contribution >= 4 is 28.9 Å². The van der Waals surface area contributed by atoms with Crippen molar-refractivity contribution in [1.82, 2.24) is 10.3 Å². The Labute approximate surface area is 183 Å². The highest BCUT2D eigenvalue weighted by molar-refractivity contribution is 6.06. The van der Waals surface area contributed by atoms with E-state index in [-0.39, 0.29) is 30.8 Å². The van der Waals surface area contributed by atoms with Crippen molar-refractivity contribution in [2.75, 3.05) is 20.8 Å². The number of benzene rings is 2. The molecule has 0 saturated heterocycles. The van der Waals surface area contributed by atoms with Gasteiger partial charge >= 0.3 is 18.0 Å². The maximum atomic E-state index is 13.9. The van der Waals surface area contributed by atoms with E-state index in [1.807, 2.05) is 30.3 Å². The Balaban J connectivity index is 1.86. The van der Waals surface area contributed by atoms with Crippen LogP contribution >= 0.6 is 0 Å². The van der Waals surface area contributed by atoms with Gasteiger partial charge in [-0.3, -0.25) is 0 Å². The third-order valence-corrected chi connectivity index (χ3v) is 4.68. The third-order valence-electron chi connectivity index (χ3n) is 4.68. The Bertz CT molecular complexity index is 1150. The number of alkyl carbamates (subject to hydrolysis) is 1. The van der Waals surface area contributed by atoms with Crippen LogP contribution in [-0.4, -0.2) is 43.8 Å². The number of carbonyl (C=O) groups is 3. The first kappa shape index (κ1) is 22.7. The maximum absolute atomic E-state index is 13.9. The number of fused-ring (bicyclic) bond motifs is 1. The average Bonchev–Trinajstić information content (AvgIpc) is 2.82. The van der Waals surface area contributed by atoms with Crippen molar-refractivity contribution in [3.8, 4) is 0 Å². The summed E-state index contributed by atoms with van der Waals surface area (Å²) in [4.78, 5) is 41.0. The second-order valence-corrected chi connectivity index (χ2v) is 6.70.